The fraction of sp³-hybridized carbons (Fsp3) is 0.357. The van der Waals surface area contributed by atoms with E-state index in [9.17, 15) is 0 Å². The van der Waals surface area contributed by atoms with Crippen LogP contribution in [-0.2, 0) is 0 Å². The van der Waals surface area contributed by atoms with Gasteiger partial charge in [0, 0.05) is 11.7 Å². The van der Waals surface area contributed by atoms with Crippen LogP contribution in [0.5, 0.6) is 5.75 Å². The molecule has 4 nitrogen and oxygen atoms in total. The molecule has 0 spiro atoms. The molecule has 1 aromatic carbocycles. The molecule has 1 fully saturated rings. The zero-order chi connectivity index (χ0) is 13.2. The molecule has 2 aromatic rings. The van der Waals surface area contributed by atoms with Crippen molar-refractivity contribution in [2.24, 2.45) is 0 Å². The molecular weight excluding hydrogens is 262 g/mol. The molecule has 1 aliphatic rings. The lowest BCUT2D eigenvalue weighted by molar-refractivity contribution is 0.415. The molecule has 1 unspecified atom stereocenters. The van der Waals surface area contributed by atoms with Crippen LogP contribution in [0.15, 0.2) is 30.7 Å². The number of aromatic nitrogens is 2. The molecule has 0 aliphatic carbocycles. The molecule has 3 rings (SSSR count). The van der Waals surface area contributed by atoms with E-state index in [-0.39, 0.29) is 0 Å². The van der Waals surface area contributed by atoms with Crippen LogP contribution in [0.1, 0.15) is 24.6 Å². The highest BCUT2D eigenvalue weighted by Gasteiger charge is 2.20. The number of methoxy groups -OCH3 is 1. The van der Waals surface area contributed by atoms with Gasteiger partial charge in [-0.15, -0.1) is 0 Å². The van der Waals surface area contributed by atoms with Gasteiger partial charge in [-0.3, -0.25) is 0 Å². The van der Waals surface area contributed by atoms with Gasteiger partial charge in [-0.1, -0.05) is 11.6 Å². The van der Waals surface area contributed by atoms with E-state index in [0.717, 1.165) is 18.7 Å². The Hall–Kier alpha value is -1.52. The van der Waals surface area contributed by atoms with Crippen LogP contribution in [0.2, 0.25) is 5.02 Å². The molecule has 0 saturated carbocycles. The molecule has 1 saturated heterocycles. The molecule has 1 aromatic heterocycles. The highest BCUT2D eigenvalue weighted by molar-refractivity contribution is 6.32. The van der Waals surface area contributed by atoms with Gasteiger partial charge in [0.05, 0.1) is 30.4 Å². The van der Waals surface area contributed by atoms with Crippen molar-refractivity contribution in [3.63, 3.8) is 0 Å². The summed E-state index contributed by atoms with van der Waals surface area (Å²) in [4.78, 5) is 4.26. The van der Waals surface area contributed by atoms with Gasteiger partial charge in [-0.2, -0.15) is 0 Å². The van der Waals surface area contributed by atoms with E-state index in [1.54, 1.807) is 7.11 Å². The second-order valence-corrected chi connectivity index (χ2v) is 5.06. The zero-order valence-electron chi connectivity index (χ0n) is 10.8. The Morgan fingerprint density at radius 1 is 1.47 bits per heavy atom. The third kappa shape index (κ3) is 2.33. The maximum absolute atomic E-state index is 6.18. The third-order valence-electron chi connectivity index (χ3n) is 3.50. The van der Waals surface area contributed by atoms with Crippen molar-refractivity contribution in [2.45, 2.75) is 18.9 Å². The van der Waals surface area contributed by atoms with Crippen molar-refractivity contribution in [1.29, 1.82) is 0 Å². The van der Waals surface area contributed by atoms with Crippen molar-refractivity contribution < 1.29 is 4.74 Å². The molecule has 2 heterocycles. The van der Waals surface area contributed by atoms with Crippen molar-refractivity contribution >= 4 is 11.6 Å². The third-order valence-corrected chi connectivity index (χ3v) is 3.79. The van der Waals surface area contributed by atoms with Gasteiger partial charge in [-0.05, 0) is 37.6 Å². The molecule has 0 radical (unpaired) electrons. The second-order valence-electron chi connectivity index (χ2n) is 4.66. The summed E-state index contributed by atoms with van der Waals surface area (Å²) >= 11 is 6.18. The first-order valence-electron chi connectivity index (χ1n) is 6.39. The monoisotopic (exact) mass is 277 g/mol. The van der Waals surface area contributed by atoms with Crippen LogP contribution in [0.4, 0.5) is 0 Å². The van der Waals surface area contributed by atoms with Crippen LogP contribution >= 0.6 is 11.6 Å². The van der Waals surface area contributed by atoms with Crippen molar-refractivity contribution in [3.05, 3.63) is 41.4 Å². The van der Waals surface area contributed by atoms with E-state index >= 15 is 0 Å². The van der Waals surface area contributed by atoms with Gasteiger partial charge in [0.15, 0.2) is 0 Å². The fourth-order valence-electron chi connectivity index (χ4n) is 2.52. The Bertz CT molecular complexity index is 576. The minimum Gasteiger partial charge on any atom is -0.495 e. The molecule has 1 N–H and O–H groups in total. The van der Waals surface area contributed by atoms with Crippen molar-refractivity contribution in [1.82, 2.24) is 14.9 Å². The SMILES string of the molecule is COc1ccc(-n2cncc2C2CCCN2)cc1Cl. The van der Waals surface area contributed by atoms with Gasteiger partial charge < -0.3 is 14.6 Å². The number of hydrogen-bond acceptors (Lipinski definition) is 3. The molecule has 0 amide bonds. The Morgan fingerprint density at radius 3 is 3.05 bits per heavy atom. The lowest BCUT2D eigenvalue weighted by atomic mass is 10.1. The summed E-state index contributed by atoms with van der Waals surface area (Å²) in [6.07, 6.45) is 6.10. The van der Waals surface area contributed by atoms with E-state index in [0.29, 0.717) is 16.8 Å². The van der Waals surface area contributed by atoms with Crippen LogP contribution in [0, 0.1) is 0 Å². The number of benzene rings is 1. The number of nitrogens with one attached hydrogen (secondary N) is 1. The van der Waals surface area contributed by atoms with Crippen LogP contribution < -0.4 is 10.1 Å². The van der Waals surface area contributed by atoms with Crippen molar-refractivity contribution in [2.75, 3.05) is 13.7 Å². The maximum atomic E-state index is 6.18. The first-order chi connectivity index (χ1) is 9.29. The van der Waals surface area contributed by atoms with Crippen LogP contribution in [0.25, 0.3) is 5.69 Å². The largest absolute Gasteiger partial charge is 0.495 e. The summed E-state index contributed by atoms with van der Waals surface area (Å²) in [5.41, 5.74) is 2.19. The van der Waals surface area contributed by atoms with Gasteiger partial charge in [0.1, 0.15) is 5.75 Å². The number of hydrogen-bond donors (Lipinski definition) is 1. The predicted octanol–water partition coefficient (Wildman–Crippen LogP) is 2.96. The van der Waals surface area contributed by atoms with Crippen LogP contribution in [0.3, 0.4) is 0 Å². The van der Waals surface area contributed by atoms with Crippen LogP contribution in [-0.4, -0.2) is 23.2 Å². The summed E-state index contributed by atoms with van der Waals surface area (Å²) in [7, 11) is 1.62. The maximum Gasteiger partial charge on any atom is 0.137 e. The molecule has 1 aliphatic heterocycles. The lowest BCUT2D eigenvalue weighted by Gasteiger charge is -2.14. The fourth-order valence-corrected chi connectivity index (χ4v) is 2.77. The zero-order valence-corrected chi connectivity index (χ0v) is 11.5. The number of imidazole rings is 1. The first-order valence-corrected chi connectivity index (χ1v) is 6.77. The quantitative estimate of drug-likeness (QED) is 0.937. The average Bonchev–Trinajstić information content (AvgIpc) is 3.09. The Morgan fingerprint density at radius 2 is 2.37 bits per heavy atom. The highest BCUT2D eigenvalue weighted by atomic mass is 35.5. The molecule has 0 bridgehead atoms. The Labute approximate surface area is 117 Å². The van der Waals surface area contributed by atoms with E-state index in [1.807, 2.05) is 30.7 Å². The van der Waals surface area contributed by atoms with E-state index in [1.165, 1.54) is 12.1 Å². The topological polar surface area (TPSA) is 39.1 Å². The number of ether oxygens (including phenoxy) is 1. The minimum atomic E-state index is 0.378. The highest BCUT2D eigenvalue weighted by Crippen LogP contribution is 2.29. The molecule has 5 heteroatoms. The summed E-state index contributed by atoms with van der Waals surface area (Å²) in [5.74, 6) is 0.686. The average molecular weight is 278 g/mol. The Balaban J connectivity index is 1.98. The summed E-state index contributed by atoms with van der Waals surface area (Å²) < 4.78 is 7.26. The lowest BCUT2D eigenvalue weighted by Crippen LogP contribution is -2.16. The molecule has 1 atom stereocenters. The van der Waals surface area contributed by atoms with Gasteiger partial charge in [-0.25, -0.2) is 4.98 Å². The van der Waals surface area contributed by atoms with E-state index < -0.39 is 0 Å². The minimum absolute atomic E-state index is 0.378. The molecule has 100 valence electrons. The molecule has 19 heavy (non-hydrogen) atoms. The summed E-state index contributed by atoms with van der Waals surface area (Å²) in [6, 6.07) is 6.15. The molecular formula is C14H16ClN3O. The number of nitrogens with zero attached hydrogens (tertiary/aromatic N) is 2. The number of halogens is 1. The second kappa shape index (κ2) is 5.23. The van der Waals surface area contributed by atoms with Gasteiger partial charge in [0.25, 0.3) is 0 Å². The first kappa shape index (κ1) is 12.5. The van der Waals surface area contributed by atoms with Gasteiger partial charge in [0.2, 0.25) is 0 Å². The predicted molar refractivity (Wildman–Crippen MR) is 75.1 cm³/mol. The van der Waals surface area contributed by atoms with E-state index in [2.05, 4.69) is 14.9 Å². The van der Waals surface area contributed by atoms with E-state index in [4.69, 9.17) is 16.3 Å². The standard InChI is InChI=1S/C14H16ClN3O/c1-19-14-5-4-10(7-11(14)15)18-9-16-8-13(18)12-3-2-6-17-12/h4-5,7-9,12,17H,2-3,6H2,1H3. The number of rotatable bonds is 3. The van der Waals surface area contributed by atoms with Crippen molar-refractivity contribution in [3.8, 4) is 11.4 Å². The normalized spacial score (nSPS) is 18.7. The Kier molecular flexibility index (Phi) is 3.44. The van der Waals surface area contributed by atoms with Gasteiger partial charge >= 0.3 is 0 Å². The summed E-state index contributed by atoms with van der Waals surface area (Å²) in [5, 5.41) is 4.10. The smallest absolute Gasteiger partial charge is 0.137 e. The summed E-state index contributed by atoms with van der Waals surface area (Å²) in [6.45, 7) is 1.07.